The number of hydrogen-bond donors (Lipinski definition) is 1. The van der Waals surface area contributed by atoms with Crippen molar-refractivity contribution in [1.82, 2.24) is 0 Å². The third kappa shape index (κ3) is 3.44. The molecule has 0 aliphatic heterocycles. The molecule has 0 aliphatic carbocycles. The molecule has 0 spiro atoms. The van der Waals surface area contributed by atoms with E-state index in [1.165, 1.54) is 31.4 Å². The Morgan fingerprint density at radius 2 is 2.10 bits per heavy atom. The number of carbonyl (C=O) groups excluding carboxylic acids is 1. The van der Waals surface area contributed by atoms with Crippen LogP contribution in [0.1, 0.15) is 15.9 Å². The summed E-state index contributed by atoms with van der Waals surface area (Å²) in [5, 5.41) is 0.241. The predicted octanol–water partition coefficient (Wildman–Crippen LogP) is 3.17. The third-order valence-electron chi connectivity index (χ3n) is 2.85. The Morgan fingerprint density at radius 3 is 2.71 bits per heavy atom. The number of amides is 1. The maximum atomic E-state index is 13.0. The summed E-state index contributed by atoms with van der Waals surface area (Å²) in [6.07, 6.45) is 0. The highest BCUT2D eigenvalue weighted by molar-refractivity contribution is 6.31. The minimum Gasteiger partial charge on any atom is -0.493 e. The minimum atomic E-state index is -0.630. The molecule has 0 bridgehead atoms. The standard InChI is InChI=1S/C15H13ClFNO3/c1-20-13-4-2-3-11(15(18)19)14(13)21-8-9-5-6-10(17)7-12(9)16/h2-7H,8H2,1H3,(H2,18,19). The van der Waals surface area contributed by atoms with Gasteiger partial charge in [0.2, 0.25) is 0 Å². The molecule has 2 aromatic rings. The molecular weight excluding hydrogens is 297 g/mol. The number of carbonyl (C=O) groups is 1. The molecule has 110 valence electrons. The van der Waals surface area contributed by atoms with E-state index in [2.05, 4.69) is 0 Å². The van der Waals surface area contributed by atoms with E-state index >= 15 is 0 Å². The molecule has 6 heteroatoms. The number of primary amides is 1. The molecule has 2 aromatic carbocycles. The summed E-state index contributed by atoms with van der Waals surface area (Å²) >= 11 is 5.93. The maximum Gasteiger partial charge on any atom is 0.252 e. The van der Waals surface area contributed by atoms with Gasteiger partial charge in [0.05, 0.1) is 17.7 Å². The molecule has 0 radical (unpaired) electrons. The van der Waals surface area contributed by atoms with Crippen molar-refractivity contribution in [3.05, 3.63) is 58.4 Å². The Balaban J connectivity index is 2.28. The van der Waals surface area contributed by atoms with Gasteiger partial charge in [0, 0.05) is 5.56 Å². The van der Waals surface area contributed by atoms with Crippen LogP contribution in [0.25, 0.3) is 0 Å². The predicted molar refractivity (Wildman–Crippen MR) is 77.3 cm³/mol. The summed E-state index contributed by atoms with van der Waals surface area (Å²) in [4.78, 5) is 11.4. The molecule has 21 heavy (non-hydrogen) atoms. The third-order valence-corrected chi connectivity index (χ3v) is 3.20. The van der Waals surface area contributed by atoms with Crippen LogP contribution < -0.4 is 15.2 Å². The van der Waals surface area contributed by atoms with Gasteiger partial charge in [-0.2, -0.15) is 0 Å². The first kappa shape index (κ1) is 15.1. The first-order chi connectivity index (χ1) is 10.0. The summed E-state index contributed by atoms with van der Waals surface area (Å²) < 4.78 is 23.7. The summed E-state index contributed by atoms with van der Waals surface area (Å²) in [5.41, 5.74) is 6.09. The molecule has 0 unspecified atom stereocenters. The van der Waals surface area contributed by atoms with E-state index in [-0.39, 0.29) is 22.9 Å². The van der Waals surface area contributed by atoms with Crippen molar-refractivity contribution in [2.45, 2.75) is 6.61 Å². The first-order valence-corrected chi connectivity index (χ1v) is 6.44. The van der Waals surface area contributed by atoms with E-state index < -0.39 is 11.7 Å². The fourth-order valence-electron chi connectivity index (χ4n) is 1.81. The number of methoxy groups -OCH3 is 1. The lowest BCUT2D eigenvalue weighted by atomic mass is 10.1. The number of benzene rings is 2. The average Bonchev–Trinajstić information content (AvgIpc) is 2.45. The van der Waals surface area contributed by atoms with Gasteiger partial charge in [-0.3, -0.25) is 4.79 Å². The van der Waals surface area contributed by atoms with Crippen molar-refractivity contribution >= 4 is 17.5 Å². The maximum absolute atomic E-state index is 13.0. The highest BCUT2D eigenvalue weighted by Crippen LogP contribution is 2.32. The van der Waals surface area contributed by atoms with E-state index in [0.717, 1.165) is 0 Å². The van der Waals surface area contributed by atoms with Gasteiger partial charge in [0.15, 0.2) is 11.5 Å². The lowest BCUT2D eigenvalue weighted by Crippen LogP contribution is -2.13. The fraction of sp³-hybridized carbons (Fsp3) is 0.133. The Bertz CT molecular complexity index is 676. The van der Waals surface area contributed by atoms with Crippen LogP contribution in [-0.4, -0.2) is 13.0 Å². The number of para-hydroxylation sites is 1. The molecule has 0 aliphatic rings. The Hall–Kier alpha value is -2.27. The second-order valence-electron chi connectivity index (χ2n) is 4.23. The average molecular weight is 310 g/mol. The molecule has 4 nitrogen and oxygen atoms in total. The largest absolute Gasteiger partial charge is 0.493 e. The first-order valence-electron chi connectivity index (χ1n) is 6.06. The zero-order chi connectivity index (χ0) is 15.4. The normalized spacial score (nSPS) is 10.2. The molecule has 2 N–H and O–H groups in total. The molecule has 1 amide bonds. The molecule has 0 fully saturated rings. The van der Waals surface area contributed by atoms with Crippen molar-refractivity contribution < 1.29 is 18.7 Å². The second kappa shape index (κ2) is 6.45. The van der Waals surface area contributed by atoms with E-state index in [0.29, 0.717) is 11.3 Å². The number of hydrogen-bond acceptors (Lipinski definition) is 3. The summed E-state index contributed by atoms with van der Waals surface area (Å²) in [7, 11) is 1.46. The highest BCUT2D eigenvalue weighted by atomic mass is 35.5. The van der Waals surface area contributed by atoms with E-state index in [1.54, 1.807) is 12.1 Å². The van der Waals surface area contributed by atoms with Crippen molar-refractivity contribution in [1.29, 1.82) is 0 Å². The van der Waals surface area contributed by atoms with Crippen LogP contribution in [0.3, 0.4) is 0 Å². The van der Waals surface area contributed by atoms with Crippen LogP contribution in [0.2, 0.25) is 5.02 Å². The topological polar surface area (TPSA) is 61.5 Å². The summed E-state index contributed by atoms with van der Waals surface area (Å²) in [6, 6.07) is 8.80. The smallest absolute Gasteiger partial charge is 0.252 e. The second-order valence-corrected chi connectivity index (χ2v) is 4.63. The van der Waals surface area contributed by atoms with Gasteiger partial charge in [-0.05, 0) is 24.3 Å². The summed E-state index contributed by atoms with van der Waals surface area (Å²) in [5.74, 6) is -0.453. The SMILES string of the molecule is COc1cccc(C(N)=O)c1OCc1ccc(F)cc1Cl. The number of halogens is 2. The molecule has 0 atom stereocenters. The van der Waals surface area contributed by atoms with Gasteiger partial charge in [0.25, 0.3) is 5.91 Å². The minimum absolute atomic E-state index is 0.0553. The van der Waals surface area contributed by atoms with Gasteiger partial charge in [-0.25, -0.2) is 4.39 Å². The molecule has 0 aromatic heterocycles. The lowest BCUT2D eigenvalue weighted by molar-refractivity contribution is 0.0995. The van der Waals surface area contributed by atoms with Crippen LogP contribution in [0, 0.1) is 5.82 Å². The molecule has 0 saturated heterocycles. The van der Waals surface area contributed by atoms with Gasteiger partial charge >= 0.3 is 0 Å². The quantitative estimate of drug-likeness (QED) is 0.922. The lowest BCUT2D eigenvalue weighted by Gasteiger charge is -2.14. The van der Waals surface area contributed by atoms with Crippen molar-refractivity contribution in [3.8, 4) is 11.5 Å². The van der Waals surface area contributed by atoms with Crippen LogP contribution in [0.4, 0.5) is 4.39 Å². The Labute approximate surface area is 126 Å². The van der Waals surface area contributed by atoms with E-state index in [1.807, 2.05) is 0 Å². The monoisotopic (exact) mass is 309 g/mol. The van der Waals surface area contributed by atoms with Crippen molar-refractivity contribution in [2.24, 2.45) is 5.73 Å². The van der Waals surface area contributed by atoms with Crippen LogP contribution in [0.5, 0.6) is 11.5 Å². The molecule has 2 rings (SSSR count). The molecule has 0 heterocycles. The van der Waals surface area contributed by atoms with Crippen LogP contribution in [0.15, 0.2) is 36.4 Å². The summed E-state index contributed by atoms with van der Waals surface area (Å²) in [6.45, 7) is 0.0553. The van der Waals surface area contributed by atoms with Crippen LogP contribution >= 0.6 is 11.6 Å². The van der Waals surface area contributed by atoms with Crippen molar-refractivity contribution in [3.63, 3.8) is 0 Å². The van der Waals surface area contributed by atoms with Crippen LogP contribution in [-0.2, 0) is 6.61 Å². The number of rotatable bonds is 5. The molecular formula is C15H13ClFNO3. The number of nitrogens with two attached hydrogens (primary N) is 1. The fourth-order valence-corrected chi connectivity index (χ4v) is 2.03. The van der Waals surface area contributed by atoms with E-state index in [4.69, 9.17) is 26.8 Å². The van der Waals surface area contributed by atoms with Gasteiger partial charge in [-0.15, -0.1) is 0 Å². The number of ether oxygens (including phenoxy) is 2. The molecule has 0 saturated carbocycles. The Kier molecular flexibility index (Phi) is 4.65. The van der Waals surface area contributed by atoms with Gasteiger partial charge in [-0.1, -0.05) is 23.7 Å². The Morgan fingerprint density at radius 1 is 1.33 bits per heavy atom. The zero-order valence-corrected chi connectivity index (χ0v) is 12.0. The van der Waals surface area contributed by atoms with Crippen molar-refractivity contribution in [2.75, 3.05) is 7.11 Å². The van der Waals surface area contributed by atoms with E-state index in [9.17, 15) is 9.18 Å². The van der Waals surface area contributed by atoms with Gasteiger partial charge < -0.3 is 15.2 Å². The van der Waals surface area contributed by atoms with Gasteiger partial charge in [0.1, 0.15) is 12.4 Å². The highest BCUT2D eigenvalue weighted by Gasteiger charge is 2.15. The zero-order valence-electron chi connectivity index (χ0n) is 11.2.